The zero-order chi connectivity index (χ0) is 18.4. The van der Waals surface area contributed by atoms with E-state index in [0.717, 1.165) is 18.6 Å². The Labute approximate surface area is 150 Å². The van der Waals surface area contributed by atoms with E-state index in [0.29, 0.717) is 42.3 Å². The van der Waals surface area contributed by atoms with Gasteiger partial charge in [0.1, 0.15) is 12.8 Å². The summed E-state index contributed by atoms with van der Waals surface area (Å²) in [5, 5.41) is 4.35. The highest BCUT2D eigenvalue weighted by Crippen LogP contribution is 2.37. The molecule has 0 aromatic carbocycles. The number of halogens is 1. The molecule has 2 aromatic rings. The van der Waals surface area contributed by atoms with Crippen molar-refractivity contribution in [3.8, 4) is 0 Å². The van der Waals surface area contributed by atoms with E-state index in [-0.39, 0.29) is 17.2 Å². The minimum absolute atomic E-state index is 0.00418. The number of rotatable bonds is 4. The monoisotopic (exact) mass is 359 g/mol. The quantitative estimate of drug-likeness (QED) is 0.838. The van der Waals surface area contributed by atoms with Crippen LogP contribution < -0.4 is 16.1 Å². The van der Waals surface area contributed by atoms with Gasteiger partial charge in [-0.3, -0.25) is 4.79 Å². The summed E-state index contributed by atoms with van der Waals surface area (Å²) >= 11 is 0. The van der Waals surface area contributed by atoms with Crippen molar-refractivity contribution in [2.24, 2.45) is 16.8 Å². The van der Waals surface area contributed by atoms with E-state index in [4.69, 9.17) is 10.6 Å². The highest BCUT2D eigenvalue weighted by molar-refractivity contribution is 5.94. The third kappa shape index (κ3) is 2.74. The maximum atomic E-state index is 14.8. The maximum Gasteiger partial charge on any atom is 0.194 e. The number of anilines is 1. The first-order valence-electron chi connectivity index (χ1n) is 8.80. The fourth-order valence-corrected chi connectivity index (χ4v) is 3.58. The van der Waals surface area contributed by atoms with Gasteiger partial charge in [-0.05, 0) is 25.8 Å². The molecule has 1 unspecified atom stereocenters. The summed E-state index contributed by atoms with van der Waals surface area (Å²) in [5.41, 5.74) is 7.57. The number of hydrogen-bond donors (Lipinski definition) is 1. The number of fused-ring (bicyclic) bond motifs is 1. The summed E-state index contributed by atoms with van der Waals surface area (Å²) in [4.78, 5) is 23.7. The first kappa shape index (κ1) is 17.0. The number of aryl methyl sites for hydroxylation is 1. The number of hydrogen-bond acceptors (Lipinski definition) is 6. The molecule has 0 amide bonds. The molecule has 2 N–H and O–H groups in total. The average molecular weight is 359 g/mol. The molecule has 2 fully saturated rings. The summed E-state index contributed by atoms with van der Waals surface area (Å²) in [7, 11) is 1.48. The molecular formula is C18H22FN5O2. The lowest BCUT2D eigenvalue weighted by atomic mass is 10.1. The van der Waals surface area contributed by atoms with E-state index in [9.17, 15) is 9.18 Å². The highest BCUT2D eigenvalue weighted by Gasteiger charge is 2.32. The molecule has 7 nitrogen and oxygen atoms in total. The Bertz CT molecular complexity index is 951. The van der Waals surface area contributed by atoms with E-state index < -0.39 is 5.82 Å². The summed E-state index contributed by atoms with van der Waals surface area (Å²) in [5.74, 6) is -0.276. The smallest absolute Gasteiger partial charge is 0.194 e. The lowest BCUT2D eigenvalue weighted by molar-refractivity contribution is 0.211. The van der Waals surface area contributed by atoms with Crippen LogP contribution in [0.25, 0.3) is 11.0 Å². The zero-order valence-electron chi connectivity index (χ0n) is 14.9. The van der Waals surface area contributed by atoms with Crippen molar-refractivity contribution < 1.29 is 9.23 Å². The van der Waals surface area contributed by atoms with Crippen LogP contribution in [0, 0.1) is 18.7 Å². The van der Waals surface area contributed by atoms with Gasteiger partial charge in [-0.1, -0.05) is 5.16 Å². The molecule has 8 heteroatoms. The first-order chi connectivity index (χ1) is 12.5. The van der Waals surface area contributed by atoms with Gasteiger partial charge in [0.25, 0.3) is 0 Å². The van der Waals surface area contributed by atoms with Crippen LogP contribution in [-0.2, 0) is 4.84 Å². The van der Waals surface area contributed by atoms with Gasteiger partial charge < -0.3 is 20.0 Å². The van der Waals surface area contributed by atoms with Crippen LogP contribution in [0.3, 0.4) is 0 Å². The average Bonchev–Trinajstić information content (AvgIpc) is 3.39. The van der Waals surface area contributed by atoms with Gasteiger partial charge in [0.2, 0.25) is 0 Å². The molecule has 26 heavy (non-hydrogen) atoms. The third-order valence-electron chi connectivity index (χ3n) is 5.12. The SMILES string of the molecule is CO/N=C1/CN(c2nc3c(cc2F)c(=O)c(C)cn3C2CC2)CC1CN. The Morgan fingerprint density at radius 3 is 2.88 bits per heavy atom. The van der Waals surface area contributed by atoms with Crippen LogP contribution in [0.5, 0.6) is 0 Å². The molecule has 1 saturated heterocycles. The second kappa shape index (κ2) is 6.35. The zero-order valence-corrected chi connectivity index (χ0v) is 14.9. The third-order valence-corrected chi connectivity index (χ3v) is 5.12. The van der Waals surface area contributed by atoms with Gasteiger partial charge in [0.05, 0.1) is 17.6 Å². The number of pyridine rings is 2. The van der Waals surface area contributed by atoms with Crippen LogP contribution in [0.2, 0.25) is 0 Å². The summed E-state index contributed by atoms with van der Waals surface area (Å²) in [6, 6.07) is 1.65. The molecule has 1 saturated carbocycles. The number of aromatic nitrogens is 2. The molecule has 2 aliphatic rings. The Balaban J connectivity index is 1.83. The predicted octanol–water partition coefficient (Wildman–Crippen LogP) is 1.58. The molecule has 0 bridgehead atoms. The molecule has 4 rings (SSSR count). The number of nitrogens with zero attached hydrogens (tertiary/aromatic N) is 4. The van der Waals surface area contributed by atoms with Gasteiger partial charge in [0, 0.05) is 36.8 Å². The topological polar surface area (TPSA) is 85.7 Å². The fourth-order valence-electron chi connectivity index (χ4n) is 3.58. The van der Waals surface area contributed by atoms with E-state index in [1.54, 1.807) is 6.92 Å². The van der Waals surface area contributed by atoms with E-state index in [1.807, 2.05) is 15.7 Å². The van der Waals surface area contributed by atoms with Crippen molar-refractivity contribution in [2.75, 3.05) is 31.6 Å². The van der Waals surface area contributed by atoms with Gasteiger partial charge >= 0.3 is 0 Å². The van der Waals surface area contributed by atoms with Gasteiger partial charge in [0.15, 0.2) is 17.1 Å². The van der Waals surface area contributed by atoms with Crippen molar-refractivity contribution in [1.82, 2.24) is 9.55 Å². The van der Waals surface area contributed by atoms with Crippen molar-refractivity contribution >= 4 is 22.6 Å². The van der Waals surface area contributed by atoms with Crippen molar-refractivity contribution in [3.05, 3.63) is 33.9 Å². The molecule has 2 aromatic heterocycles. The molecule has 3 heterocycles. The predicted molar refractivity (Wildman–Crippen MR) is 98.2 cm³/mol. The Morgan fingerprint density at radius 1 is 1.46 bits per heavy atom. The maximum absolute atomic E-state index is 14.8. The fraction of sp³-hybridized carbons (Fsp3) is 0.500. The molecule has 1 aliphatic heterocycles. The van der Waals surface area contributed by atoms with Crippen LogP contribution in [0.1, 0.15) is 24.4 Å². The summed E-state index contributed by atoms with van der Waals surface area (Å²) < 4.78 is 16.8. The van der Waals surface area contributed by atoms with Crippen molar-refractivity contribution in [2.45, 2.75) is 25.8 Å². The van der Waals surface area contributed by atoms with Crippen molar-refractivity contribution in [3.63, 3.8) is 0 Å². The van der Waals surface area contributed by atoms with Crippen LogP contribution in [0.4, 0.5) is 10.2 Å². The summed E-state index contributed by atoms with van der Waals surface area (Å²) in [6.45, 7) is 3.09. The molecule has 1 aliphatic carbocycles. The van der Waals surface area contributed by atoms with Crippen LogP contribution >= 0.6 is 0 Å². The molecular weight excluding hydrogens is 337 g/mol. The lowest BCUT2D eigenvalue weighted by Crippen LogP contribution is -2.25. The van der Waals surface area contributed by atoms with Gasteiger partial charge in [-0.15, -0.1) is 0 Å². The van der Waals surface area contributed by atoms with E-state index in [1.165, 1.54) is 13.2 Å². The molecule has 0 spiro atoms. The lowest BCUT2D eigenvalue weighted by Gasteiger charge is -2.19. The standard InChI is InChI=1S/C18H22FN5O2/c1-10-7-24(12-3-4-12)17-13(16(10)25)5-14(19)18(21-17)23-8-11(6-20)15(9-23)22-26-2/h5,7,11-12H,3-4,6,8-9,20H2,1-2H3/b22-15-. The Kier molecular flexibility index (Phi) is 4.14. The minimum Gasteiger partial charge on any atom is -0.399 e. The second-order valence-electron chi connectivity index (χ2n) is 7.02. The molecule has 1 atom stereocenters. The van der Waals surface area contributed by atoms with Gasteiger partial charge in [-0.25, -0.2) is 9.37 Å². The van der Waals surface area contributed by atoms with Gasteiger partial charge in [-0.2, -0.15) is 0 Å². The van der Waals surface area contributed by atoms with E-state index >= 15 is 0 Å². The minimum atomic E-state index is -0.503. The largest absolute Gasteiger partial charge is 0.399 e. The highest BCUT2D eigenvalue weighted by atomic mass is 19.1. The van der Waals surface area contributed by atoms with E-state index in [2.05, 4.69) is 10.1 Å². The van der Waals surface area contributed by atoms with Crippen LogP contribution in [0.15, 0.2) is 22.2 Å². The first-order valence-corrected chi connectivity index (χ1v) is 8.80. The normalized spacial score (nSPS) is 21.8. The number of nitrogens with two attached hydrogens (primary N) is 1. The Morgan fingerprint density at radius 2 is 2.23 bits per heavy atom. The number of oxime groups is 1. The molecule has 0 radical (unpaired) electrons. The van der Waals surface area contributed by atoms with Crippen LogP contribution in [-0.4, -0.2) is 42.0 Å². The second-order valence-corrected chi connectivity index (χ2v) is 7.02. The van der Waals surface area contributed by atoms with Crippen molar-refractivity contribution in [1.29, 1.82) is 0 Å². The summed E-state index contributed by atoms with van der Waals surface area (Å²) in [6.07, 6.45) is 3.94. The molecule has 138 valence electrons. The Hall–Kier alpha value is -2.48.